The molecule has 1 aromatic heterocycles. The molecule has 2 aromatic rings. The first-order valence-electron chi connectivity index (χ1n) is 7.04. The predicted molar refractivity (Wildman–Crippen MR) is 84.6 cm³/mol. The minimum atomic E-state index is -0.157. The van der Waals surface area contributed by atoms with Gasteiger partial charge in [0.25, 0.3) is 5.91 Å². The van der Waals surface area contributed by atoms with Gasteiger partial charge in [-0.15, -0.1) is 0 Å². The number of hydrogen-bond donors (Lipinski definition) is 1. The minimum absolute atomic E-state index is 0.157. The molecule has 0 spiro atoms. The number of rotatable bonds is 5. The molecular weight excluding hydrogens is 264 g/mol. The van der Waals surface area contributed by atoms with Crippen LogP contribution < -0.4 is 10.2 Å². The van der Waals surface area contributed by atoms with Gasteiger partial charge in [-0.3, -0.25) is 4.79 Å². The van der Waals surface area contributed by atoms with E-state index in [-0.39, 0.29) is 11.9 Å². The molecule has 1 atom stereocenters. The Morgan fingerprint density at radius 2 is 2.00 bits per heavy atom. The van der Waals surface area contributed by atoms with Crippen molar-refractivity contribution in [3.63, 3.8) is 0 Å². The molecule has 21 heavy (non-hydrogen) atoms. The lowest BCUT2D eigenvalue weighted by Crippen LogP contribution is -2.27. The highest BCUT2D eigenvalue weighted by molar-refractivity contribution is 6.04. The van der Waals surface area contributed by atoms with Crippen molar-refractivity contribution in [3.05, 3.63) is 48.3 Å². The zero-order valence-corrected chi connectivity index (χ0v) is 12.6. The number of amides is 1. The van der Waals surface area contributed by atoms with Gasteiger partial charge in [0.05, 0.1) is 0 Å². The Morgan fingerprint density at radius 3 is 2.67 bits per heavy atom. The molecule has 0 aliphatic carbocycles. The van der Waals surface area contributed by atoms with Gasteiger partial charge in [0.1, 0.15) is 5.69 Å². The molecule has 1 N–H and O–H groups in total. The molecule has 1 amide bonds. The molecule has 0 fully saturated rings. The highest BCUT2D eigenvalue weighted by Gasteiger charge is 2.15. The Balaban J connectivity index is 2.17. The van der Waals surface area contributed by atoms with Crippen molar-refractivity contribution >= 4 is 17.5 Å². The van der Waals surface area contributed by atoms with Crippen LogP contribution in [0.3, 0.4) is 0 Å². The Labute approximate surface area is 125 Å². The van der Waals surface area contributed by atoms with Crippen LogP contribution in [0.15, 0.2) is 42.6 Å². The van der Waals surface area contributed by atoms with E-state index in [0.29, 0.717) is 11.6 Å². The first-order chi connectivity index (χ1) is 10.1. The van der Waals surface area contributed by atoms with Crippen molar-refractivity contribution in [2.45, 2.75) is 26.3 Å². The van der Waals surface area contributed by atoms with E-state index in [9.17, 15) is 4.79 Å². The van der Waals surface area contributed by atoms with Gasteiger partial charge in [0.2, 0.25) is 5.95 Å². The van der Waals surface area contributed by atoms with Gasteiger partial charge < -0.3 is 10.2 Å². The summed E-state index contributed by atoms with van der Waals surface area (Å²) in [5.74, 6) is 0.326. The van der Waals surface area contributed by atoms with Crippen LogP contribution in [0.25, 0.3) is 0 Å². The molecule has 2 rings (SSSR count). The zero-order valence-electron chi connectivity index (χ0n) is 12.6. The molecule has 0 saturated heterocycles. The van der Waals surface area contributed by atoms with Crippen LogP contribution in [0, 0.1) is 0 Å². The monoisotopic (exact) mass is 284 g/mol. The maximum atomic E-state index is 12.5. The third-order valence-electron chi connectivity index (χ3n) is 3.31. The van der Waals surface area contributed by atoms with E-state index in [1.165, 1.54) is 0 Å². The van der Waals surface area contributed by atoms with Crippen molar-refractivity contribution < 1.29 is 4.79 Å². The summed E-state index contributed by atoms with van der Waals surface area (Å²) in [5, 5.41) is 3.17. The minimum Gasteiger partial charge on any atom is -0.352 e. The number of para-hydroxylation sites is 1. The van der Waals surface area contributed by atoms with E-state index in [2.05, 4.69) is 22.2 Å². The van der Waals surface area contributed by atoms with Crippen molar-refractivity contribution in [2.24, 2.45) is 0 Å². The lowest BCUT2D eigenvalue weighted by molar-refractivity contribution is 0.0988. The van der Waals surface area contributed by atoms with Crippen LogP contribution in [0.2, 0.25) is 0 Å². The first kappa shape index (κ1) is 15.0. The molecular formula is C16H20N4O. The smallest absolute Gasteiger partial charge is 0.276 e. The number of hydrogen-bond acceptors (Lipinski definition) is 4. The van der Waals surface area contributed by atoms with Crippen molar-refractivity contribution in [1.29, 1.82) is 0 Å². The maximum Gasteiger partial charge on any atom is 0.276 e. The van der Waals surface area contributed by atoms with E-state index in [4.69, 9.17) is 0 Å². The zero-order chi connectivity index (χ0) is 15.2. The molecule has 110 valence electrons. The number of nitrogens with zero attached hydrogens (tertiary/aromatic N) is 3. The Bertz CT molecular complexity index is 600. The molecule has 0 aliphatic rings. The number of carbonyl (C=O) groups excluding carboxylic acids is 1. The van der Waals surface area contributed by atoms with Crippen molar-refractivity contribution in [3.8, 4) is 0 Å². The number of aromatic nitrogens is 2. The average Bonchev–Trinajstić information content (AvgIpc) is 2.54. The first-order valence-corrected chi connectivity index (χ1v) is 7.04. The second-order valence-electron chi connectivity index (χ2n) is 4.92. The van der Waals surface area contributed by atoms with Crippen molar-refractivity contribution in [2.75, 3.05) is 17.3 Å². The van der Waals surface area contributed by atoms with Gasteiger partial charge in [0.15, 0.2) is 0 Å². The Hall–Kier alpha value is -2.43. The van der Waals surface area contributed by atoms with Gasteiger partial charge in [-0.2, -0.15) is 0 Å². The second kappa shape index (κ2) is 6.83. The number of nitrogens with one attached hydrogen (secondary N) is 1. The fourth-order valence-corrected chi connectivity index (χ4v) is 1.81. The van der Waals surface area contributed by atoms with E-state index in [1.54, 1.807) is 24.2 Å². The van der Waals surface area contributed by atoms with Crippen LogP contribution in [-0.2, 0) is 0 Å². The molecule has 1 heterocycles. The molecule has 1 aromatic carbocycles. The molecule has 5 nitrogen and oxygen atoms in total. The molecule has 0 bridgehead atoms. The molecule has 0 radical (unpaired) electrons. The van der Waals surface area contributed by atoms with E-state index < -0.39 is 0 Å². The summed E-state index contributed by atoms with van der Waals surface area (Å²) >= 11 is 0. The normalized spacial score (nSPS) is 11.8. The standard InChI is InChI=1S/C16H20N4O/c1-4-12(2)18-16-17-11-10-14(19-16)15(21)20(3)13-8-6-5-7-9-13/h5-12H,4H2,1-3H3,(H,17,18,19). The lowest BCUT2D eigenvalue weighted by atomic mass is 10.2. The highest BCUT2D eigenvalue weighted by atomic mass is 16.2. The Morgan fingerprint density at radius 1 is 1.29 bits per heavy atom. The van der Waals surface area contributed by atoms with Crippen LogP contribution in [0.4, 0.5) is 11.6 Å². The van der Waals surface area contributed by atoms with Crippen molar-refractivity contribution in [1.82, 2.24) is 9.97 Å². The summed E-state index contributed by atoms with van der Waals surface area (Å²) in [6.07, 6.45) is 2.56. The van der Waals surface area contributed by atoms with Gasteiger partial charge in [-0.05, 0) is 31.5 Å². The lowest BCUT2D eigenvalue weighted by Gasteiger charge is -2.17. The Kier molecular flexibility index (Phi) is 4.87. The van der Waals surface area contributed by atoms with Gasteiger partial charge in [-0.1, -0.05) is 25.1 Å². The second-order valence-corrected chi connectivity index (χ2v) is 4.92. The predicted octanol–water partition coefficient (Wildman–Crippen LogP) is 2.96. The van der Waals surface area contributed by atoms with Gasteiger partial charge >= 0.3 is 0 Å². The fourth-order valence-electron chi connectivity index (χ4n) is 1.81. The fraction of sp³-hybridized carbons (Fsp3) is 0.312. The van der Waals surface area contributed by atoms with Crippen LogP contribution in [0.1, 0.15) is 30.8 Å². The molecule has 1 unspecified atom stereocenters. The van der Waals surface area contributed by atoms with E-state index >= 15 is 0 Å². The quantitative estimate of drug-likeness (QED) is 0.917. The average molecular weight is 284 g/mol. The third kappa shape index (κ3) is 3.78. The van der Waals surface area contributed by atoms with E-state index in [0.717, 1.165) is 12.1 Å². The van der Waals surface area contributed by atoms with Gasteiger partial charge in [0, 0.05) is 25.0 Å². The summed E-state index contributed by atoms with van der Waals surface area (Å²) < 4.78 is 0. The topological polar surface area (TPSA) is 58.1 Å². The summed E-state index contributed by atoms with van der Waals surface area (Å²) in [6.45, 7) is 4.13. The third-order valence-corrected chi connectivity index (χ3v) is 3.31. The van der Waals surface area contributed by atoms with E-state index in [1.807, 2.05) is 37.3 Å². The molecule has 0 aliphatic heterocycles. The van der Waals surface area contributed by atoms with Crippen LogP contribution >= 0.6 is 0 Å². The van der Waals surface area contributed by atoms with Gasteiger partial charge in [-0.25, -0.2) is 9.97 Å². The summed E-state index contributed by atoms with van der Waals surface area (Å²) in [4.78, 5) is 22.5. The SMILES string of the molecule is CCC(C)Nc1nccc(C(=O)N(C)c2ccccc2)n1. The number of anilines is 2. The maximum absolute atomic E-state index is 12.5. The largest absolute Gasteiger partial charge is 0.352 e. The highest BCUT2D eigenvalue weighted by Crippen LogP contribution is 2.14. The van der Waals surface area contributed by atoms with Crippen LogP contribution in [-0.4, -0.2) is 29.0 Å². The summed E-state index contributed by atoms with van der Waals surface area (Å²) in [7, 11) is 1.74. The molecule has 5 heteroatoms. The number of carbonyl (C=O) groups is 1. The summed E-state index contributed by atoms with van der Waals surface area (Å²) in [6, 6.07) is 11.4. The molecule has 0 saturated carbocycles. The van der Waals surface area contributed by atoms with Crippen LogP contribution in [0.5, 0.6) is 0 Å². The number of benzene rings is 1. The summed E-state index contributed by atoms with van der Waals surface area (Å²) in [5.41, 5.74) is 1.21.